The molecule has 1 aromatic carbocycles. The van der Waals surface area contributed by atoms with Crippen LogP contribution in [0.4, 0.5) is 10.1 Å². The van der Waals surface area contributed by atoms with E-state index in [1.807, 2.05) is 0 Å². The Morgan fingerprint density at radius 2 is 2.16 bits per heavy atom. The second-order valence-corrected chi connectivity index (χ2v) is 4.39. The van der Waals surface area contributed by atoms with Crippen LogP contribution in [0.1, 0.15) is 9.67 Å². The number of methoxy groups -OCH3 is 2. The highest BCUT2D eigenvalue weighted by Crippen LogP contribution is 2.33. The number of aromatic nitrogens is 1. The molecule has 0 aliphatic heterocycles. The third-order valence-corrected chi connectivity index (χ3v) is 3.37. The first kappa shape index (κ1) is 13.3. The van der Waals surface area contributed by atoms with Crippen LogP contribution in [-0.2, 0) is 4.74 Å². The highest BCUT2D eigenvalue weighted by atomic mass is 32.1. The molecular formula is C12H11FN2O3S. The first-order chi connectivity index (χ1) is 9.08. The minimum absolute atomic E-state index is 0.130. The molecule has 1 aromatic heterocycles. The van der Waals surface area contributed by atoms with Gasteiger partial charge in [-0.2, -0.15) is 4.37 Å². The summed E-state index contributed by atoms with van der Waals surface area (Å²) in [6.07, 6.45) is 0. The third-order valence-electron chi connectivity index (χ3n) is 2.52. The summed E-state index contributed by atoms with van der Waals surface area (Å²) in [4.78, 5) is 11.6. The van der Waals surface area contributed by atoms with Crippen molar-refractivity contribution in [2.24, 2.45) is 0 Å². The summed E-state index contributed by atoms with van der Waals surface area (Å²) in [6.45, 7) is 0. The molecule has 19 heavy (non-hydrogen) atoms. The number of carbonyl (C=O) groups excluding carboxylic acids is 1. The summed E-state index contributed by atoms with van der Waals surface area (Å²) in [6, 6.07) is 4.35. The number of nitrogens with two attached hydrogens (primary N) is 1. The van der Waals surface area contributed by atoms with Gasteiger partial charge in [-0.25, -0.2) is 9.18 Å². The number of ether oxygens (including phenoxy) is 2. The molecule has 0 spiro atoms. The van der Waals surface area contributed by atoms with E-state index < -0.39 is 11.8 Å². The lowest BCUT2D eigenvalue weighted by Crippen LogP contribution is -2.02. The number of carbonyl (C=O) groups is 1. The van der Waals surface area contributed by atoms with Gasteiger partial charge >= 0.3 is 5.97 Å². The minimum Gasteiger partial charge on any atom is -0.494 e. The van der Waals surface area contributed by atoms with Crippen LogP contribution in [-0.4, -0.2) is 24.6 Å². The van der Waals surface area contributed by atoms with Gasteiger partial charge in [0.1, 0.15) is 5.69 Å². The van der Waals surface area contributed by atoms with Crippen LogP contribution >= 0.6 is 11.5 Å². The molecule has 1 heterocycles. The second kappa shape index (κ2) is 5.23. The van der Waals surface area contributed by atoms with E-state index in [2.05, 4.69) is 9.11 Å². The van der Waals surface area contributed by atoms with Crippen molar-refractivity contribution in [3.8, 4) is 17.0 Å². The van der Waals surface area contributed by atoms with Crippen LogP contribution in [0.2, 0.25) is 0 Å². The Morgan fingerprint density at radius 3 is 2.74 bits per heavy atom. The maximum absolute atomic E-state index is 13.6. The first-order valence-electron chi connectivity index (χ1n) is 5.25. The molecule has 0 fully saturated rings. The average Bonchev–Trinajstić information content (AvgIpc) is 2.79. The summed E-state index contributed by atoms with van der Waals surface area (Å²) in [7, 11) is 2.64. The molecule has 7 heteroatoms. The van der Waals surface area contributed by atoms with E-state index in [1.165, 1.54) is 26.4 Å². The van der Waals surface area contributed by atoms with Crippen LogP contribution in [0.5, 0.6) is 5.75 Å². The molecule has 100 valence electrons. The maximum atomic E-state index is 13.6. The van der Waals surface area contributed by atoms with Crippen LogP contribution in [0.25, 0.3) is 11.3 Å². The van der Waals surface area contributed by atoms with Crippen molar-refractivity contribution in [3.63, 3.8) is 0 Å². The standard InChI is InChI=1S/C12H11FN2O3S/c1-17-8-4-3-6(5-7(8)13)10-9(14)11(19-15-10)12(16)18-2/h3-5H,14H2,1-2H3. The summed E-state index contributed by atoms with van der Waals surface area (Å²) >= 11 is 0.916. The summed E-state index contributed by atoms with van der Waals surface area (Å²) in [5, 5.41) is 0. The lowest BCUT2D eigenvalue weighted by molar-refractivity contribution is 0.0607. The van der Waals surface area contributed by atoms with Gasteiger partial charge in [0.25, 0.3) is 0 Å². The molecule has 0 unspecified atom stereocenters. The van der Waals surface area contributed by atoms with Gasteiger partial charge in [-0.1, -0.05) is 0 Å². The topological polar surface area (TPSA) is 74.4 Å². The fourth-order valence-electron chi connectivity index (χ4n) is 1.56. The number of nitrogens with zero attached hydrogens (tertiary/aromatic N) is 1. The fourth-order valence-corrected chi connectivity index (χ4v) is 2.30. The van der Waals surface area contributed by atoms with Crippen molar-refractivity contribution in [1.82, 2.24) is 4.37 Å². The van der Waals surface area contributed by atoms with Crippen molar-refractivity contribution in [3.05, 3.63) is 28.9 Å². The molecule has 2 rings (SSSR count). The summed E-state index contributed by atoms with van der Waals surface area (Å²) in [5.74, 6) is -0.951. The zero-order valence-corrected chi connectivity index (χ0v) is 11.1. The Morgan fingerprint density at radius 1 is 1.42 bits per heavy atom. The number of nitrogen functional groups attached to an aromatic ring is 1. The van der Waals surface area contributed by atoms with Gasteiger partial charge in [0.2, 0.25) is 0 Å². The lowest BCUT2D eigenvalue weighted by Gasteiger charge is -2.04. The van der Waals surface area contributed by atoms with Gasteiger partial charge in [0, 0.05) is 5.56 Å². The van der Waals surface area contributed by atoms with Gasteiger partial charge in [-0.15, -0.1) is 0 Å². The number of halogens is 1. The molecule has 0 saturated heterocycles. The maximum Gasteiger partial charge on any atom is 0.351 e. The molecule has 0 aliphatic carbocycles. The van der Waals surface area contributed by atoms with Crippen molar-refractivity contribution in [2.75, 3.05) is 20.0 Å². The molecule has 2 aromatic rings. The van der Waals surface area contributed by atoms with Gasteiger partial charge < -0.3 is 15.2 Å². The summed E-state index contributed by atoms with van der Waals surface area (Å²) in [5.41, 5.74) is 6.84. The van der Waals surface area contributed by atoms with Crippen LogP contribution in [0, 0.1) is 5.82 Å². The zero-order chi connectivity index (χ0) is 14.0. The van der Waals surface area contributed by atoms with Crippen molar-refractivity contribution >= 4 is 23.2 Å². The van der Waals surface area contributed by atoms with E-state index in [0.717, 1.165) is 11.5 Å². The number of hydrogen-bond acceptors (Lipinski definition) is 6. The van der Waals surface area contributed by atoms with E-state index in [0.29, 0.717) is 11.3 Å². The molecule has 0 bridgehead atoms. The Labute approximate surface area is 112 Å². The quantitative estimate of drug-likeness (QED) is 0.874. The summed E-state index contributed by atoms with van der Waals surface area (Å²) < 4.78 is 27.1. The van der Waals surface area contributed by atoms with E-state index >= 15 is 0 Å². The highest BCUT2D eigenvalue weighted by molar-refractivity contribution is 7.09. The van der Waals surface area contributed by atoms with Crippen LogP contribution < -0.4 is 10.5 Å². The van der Waals surface area contributed by atoms with Crippen LogP contribution in [0.3, 0.4) is 0 Å². The first-order valence-corrected chi connectivity index (χ1v) is 6.03. The van der Waals surface area contributed by atoms with Crippen LogP contribution in [0.15, 0.2) is 18.2 Å². The fraction of sp³-hybridized carbons (Fsp3) is 0.167. The second-order valence-electron chi connectivity index (χ2n) is 3.61. The molecule has 0 aliphatic rings. The average molecular weight is 282 g/mol. The van der Waals surface area contributed by atoms with Gasteiger partial charge in [-0.3, -0.25) is 0 Å². The van der Waals surface area contributed by atoms with E-state index in [1.54, 1.807) is 6.07 Å². The van der Waals surface area contributed by atoms with Gasteiger partial charge in [0.05, 0.1) is 19.9 Å². The smallest absolute Gasteiger partial charge is 0.351 e. The molecule has 5 nitrogen and oxygen atoms in total. The zero-order valence-electron chi connectivity index (χ0n) is 10.3. The number of rotatable bonds is 3. The Hall–Kier alpha value is -2.15. The monoisotopic (exact) mass is 282 g/mol. The number of benzene rings is 1. The van der Waals surface area contributed by atoms with Gasteiger partial charge in [-0.05, 0) is 29.7 Å². The number of esters is 1. The van der Waals surface area contributed by atoms with Crippen molar-refractivity contribution < 1.29 is 18.7 Å². The largest absolute Gasteiger partial charge is 0.494 e. The molecule has 0 radical (unpaired) electrons. The van der Waals surface area contributed by atoms with E-state index in [4.69, 9.17) is 10.5 Å². The highest BCUT2D eigenvalue weighted by Gasteiger charge is 2.19. The van der Waals surface area contributed by atoms with Crippen molar-refractivity contribution in [1.29, 1.82) is 0 Å². The third kappa shape index (κ3) is 2.37. The normalized spacial score (nSPS) is 10.3. The predicted molar refractivity (Wildman–Crippen MR) is 69.8 cm³/mol. The van der Waals surface area contributed by atoms with Gasteiger partial charge in [0.15, 0.2) is 16.4 Å². The Bertz CT molecular complexity index is 627. The van der Waals surface area contributed by atoms with E-state index in [-0.39, 0.29) is 16.3 Å². The Balaban J connectivity index is 2.45. The lowest BCUT2D eigenvalue weighted by atomic mass is 10.1. The number of anilines is 1. The van der Waals surface area contributed by atoms with Crippen molar-refractivity contribution in [2.45, 2.75) is 0 Å². The molecular weight excluding hydrogens is 271 g/mol. The SMILES string of the molecule is COC(=O)c1snc(-c2ccc(OC)c(F)c2)c1N. The predicted octanol–water partition coefficient (Wildman–Crippen LogP) is 2.33. The molecule has 0 saturated carbocycles. The minimum atomic E-state index is -0.560. The molecule has 2 N–H and O–H groups in total. The molecule has 0 atom stereocenters. The Kier molecular flexibility index (Phi) is 3.66. The molecule has 0 amide bonds. The van der Waals surface area contributed by atoms with E-state index in [9.17, 15) is 9.18 Å². The number of hydrogen-bond donors (Lipinski definition) is 1.